The van der Waals surface area contributed by atoms with Crippen LogP contribution in [0.4, 0.5) is 5.69 Å². The van der Waals surface area contributed by atoms with Crippen LogP contribution < -0.4 is 10.2 Å². The summed E-state index contributed by atoms with van der Waals surface area (Å²) in [6.45, 7) is 5.55. The van der Waals surface area contributed by atoms with Crippen LogP contribution in [-0.2, 0) is 14.3 Å². The Balaban J connectivity index is 2.11. The van der Waals surface area contributed by atoms with Crippen molar-refractivity contribution in [2.45, 2.75) is 45.6 Å². The second-order valence-electron chi connectivity index (χ2n) is 7.72. The van der Waals surface area contributed by atoms with Gasteiger partial charge in [-0.2, -0.15) is 0 Å². The van der Waals surface area contributed by atoms with Gasteiger partial charge in [-0.1, -0.05) is 18.2 Å². The second kappa shape index (κ2) is 7.59. The molecule has 1 aliphatic heterocycles. The molecule has 1 aromatic rings. The highest BCUT2D eigenvalue weighted by atomic mass is 16.5. The number of hydrogen-bond donors (Lipinski definition) is 1. The summed E-state index contributed by atoms with van der Waals surface area (Å²) in [7, 11) is 3.97. The van der Waals surface area contributed by atoms with Gasteiger partial charge in [0.05, 0.1) is 17.6 Å². The predicted octanol–water partition coefficient (Wildman–Crippen LogP) is 3.53. The van der Waals surface area contributed by atoms with Crippen LogP contribution in [-0.4, -0.2) is 32.0 Å². The first kappa shape index (κ1) is 19.2. The number of fused-ring (bicyclic) bond motifs is 1. The number of hydrogen-bond acceptors (Lipinski definition) is 5. The van der Waals surface area contributed by atoms with E-state index < -0.39 is 0 Å². The topological polar surface area (TPSA) is 58.6 Å². The van der Waals surface area contributed by atoms with Crippen molar-refractivity contribution in [1.29, 1.82) is 0 Å². The highest BCUT2D eigenvalue weighted by Gasteiger charge is 2.43. The van der Waals surface area contributed by atoms with Crippen molar-refractivity contribution in [1.82, 2.24) is 5.32 Å². The molecular weight excluding hydrogens is 340 g/mol. The van der Waals surface area contributed by atoms with Crippen LogP contribution in [0.3, 0.4) is 0 Å². The Bertz CT molecular complexity index is 803. The number of allylic oxidation sites excluding steroid dienone is 3. The van der Waals surface area contributed by atoms with Crippen LogP contribution in [0.25, 0.3) is 0 Å². The minimum absolute atomic E-state index is 0.170. The number of benzene rings is 1. The molecular formula is C22H28N2O3. The third kappa shape index (κ3) is 3.77. The molecule has 0 saturated carbocycles. The van der Waals surface area contributed by atoms with E-state index in [1.165, 1.54) is 0 Å². The van der Waals surface area contributed by atoms with Crippen molar-refractivity contribution in [3.8, 4) is 0 Å². The number of nitrogens with zero attached hydrogens (tertiary/aromatic N) is 1. The molecule has 0 fully saturated rings. The van der Waals surface area contributed by atoms with Gasteiger partial charge in [-0.3, -0.25) is 4.79 Å². The fourth-order valence-electron chi connectivity index (χ4n) is 3.90. The molecule has 27 heavy (non-hydrogen) atoms. The summed E-state index contributed by atoms with van der Waals surface area (Å²) in [5.74, 6) is -0.867. The van der Waals surface area contributed by atoms with Crippen molar-refractivity contribution in [2.75, 3.05) is 19.0 Å². The van der Waals surface area contributed by atoms with E-state index in [4.69, 9.17) is 4.74 Å². The van der Waals surface area contributed by atoms with E-state index in [9.17, 15) is 9.59 Å². The van der Waals surface area contributed by atoms with Crippen LogP contribution in [0.5, 0.6) is 0 Å². The second-order valence-corrected chi connectivity index (χ2v) is 7.72. The normalized spacial score (nSPS) is 22.1. The van der Waals surface area contributed by atoms with Gasteiger partial charge in [0.2, 0.25) is 0 Å². The number of ether oxygens (including phenoxy) is 1. The zero-order valence-electron chi connectivity index (χ0n) is 16.7. The summed E-state index contributed by atoms with van der Waals surface area (Å²) in [4.78, 5) is 27.7. The fourth-order valence-corrected chi connectivity index (χ4v) is 3.90. The largest absolute Gasteiger partial charge is 0.460 e. The number of esters is 1. The van der Waals surface area contributed by atoms with Gasteiger partial charge < -0.3 is 15.0 Å². The number of nitrogens with one attached hydrogen (secondary N) is 1. The molecule has 1 heterocycles. The Hall–Kier alpha value is -2.56. The summed E-state index contributed by atoms with van der Waals surface area (Å²) in [5.41, 5.74) is 4.26. The molecule has 3 rings (SSSR count). The lowest BCUT2D eigenvalue weighted by Gasteiger charge is -2.38. The molecule has 0 aromatic heterocycles. The molecule has 2 atom stereocenters. The zero-order valence-corrected chi connectivity index (χ0v) is 16.7. The molecule has 0 spiro atoms. The van der Waals surface area contributed by atoms with Crippen molar-refractivity contribution in [3.05, 3.63) is 52.9 Å². The molecule has 1 aliphatic carbocycles. The van der Waals surface area contributed by atoms with Crippen LogP contribution in [0.2, 0.25) is 0 Å². The molecule has 0 amide bonds. The van der Waals surface area contributed by atoms with Crippen LogP contribution in [0, 0.1) is 5.92 Å². The Labute approximate surface area is 161 Å². The minimum atomic E-state index is -0.359. The van der Waals surface area contributed by atoms with Gasteiger partial charge in [-0.25, -0.2) is 4.79 Å². The molecule has 1 aromatic carbocycles. The number of carbonyl (C=O) groups excluding carboxylic acids is 2. The standard InChI is InChI=1S/C22H28N2O3/c1-13(2)27-22(26)19-14(3)23-17-7-6-8-18(25)21(17)20(19)15-9-11-16(12-10-15)24(4)5/h7,9-13,20-21,23H,6,8H2,1-5H3. The Morgan fingerprint density at radius 3 is 2.44 bits per heavy atom. The van der Waals surface area contributed by atoms with E-state index in [1.54, 1.807) is 0 Å². The smallest absolute Gasteiger partial charge is 0.336 e. The Morgan fingerprint density at radius 2 is 1.85 bits per heavy atom. The molecule has 2 unspecified atom stereocenters. The molecule has 5 heteroatoms. The monoisotopic (exact) mass is 368 g/mol. The number of anilines is 1. The summed E-state index contributed by atoms with van der Waals surface area (Å²) < 4.78 is 5.51. The van der Waals surface area contributed by atoms with Gasteiger partial charge in [-0.15, -0.1) is 0 Å². The summed E-state index contributed by atoms with van der Waals surface area (Å²) in [6, 6.07) is 8.07. The van der Waals surface area contributed by atoms with Crippen LogP contribution in [0.15, 0.2) is 47.3 Å². The van der Waals surface area contributed by atoms with Crippen molar-refractivity contribution >= 4 is 17.4 Å². The third-order valence-corrected chi connectivity index (χ3v) is 5.15. The Kier molecular flexibility index (Phi) is 5.40. The average Bonchev–Trinajstić information content (AvgIpc) is 2.60. The Morgan fingerprint density at radius 1 is 1.19 bits per heavy atom. The molecule has 2 aliphatic rings. The maximum Gasteiger partial charge on any atom is 0.336 e. The van der Waals surface area contributed by atoms with Crippen molar-refractivity contribution in [2.24, 2.45) is 5.92 Å². The zero-order chi connectivity index (χ0) is 19.7. The van der Waals surface area contributed by atoms with E-state index in [-0.39, 0.29) is 29.7 Å². The van der Waals surface area contributed by atoms with E-state index in [0.29, 0.717) is 12.0 Å². The maximum absolute atomic E-state index is 12.9. The first-order valence-corrected chi connectivity index (χ1v) is 9.48. The third-order valence-electron chi connectivity index (χ3n) is 5.15. The van der Waals surface area contributed by atoms with E-state index in [0.717, 1.165) is 29.1 Å². The summed E-state index contributed by atoms with van der Waals surface area (Å²) in [5, 5.41) is 3.29. The summed E-state index contributed by atoms with van der Waals surface area (Å²) in [6.07, 6.45) is 3.12. The highest BCUT2D eigenvalue weighted by Crippen LogP contribution is 2.44. The quantitative estimate of drug-likeness (QED) is 0.824. The lowest BCUT2D eigenvalue weighted by Crippen LogP contribution is -2.41. The first-order chi connectivity index (χ1) is 12.8. The molecule has 5 nitrogen and oxygen atoms in total. The molecule has 0 bridgehead atoms. The number of Topliss-reactive ketones (excluding diaryl/α,β-unsaturated/α-hetero) is 1. The summed E-state index contributed by atoms with van der Waals surface area (Å²) >= 11 is 0. The van der Waals surface area contributed by atoms with Gasteiger partial charge in [0.15, 0.2) is 0 Å². The van der Waals surface area contributed by atoms with Gasteiger partial charge in [0.25, 0.3) is 0 Å². The van der Waals surface area contributed by atoms with E-state index in [2.05, 4.69) is 11.4 Å². The number of rotatable bonds is 4. The number of ketones is 1. The molecule has 144 valence electrons. The lowest BCUT2D eigenvalue weighted by atomic mass is 9.71. The van der Waals surface area contributed by atoms with Gasteiger partial charge in [0.1, 0.15) is 5.78 Å². The minimum Gasteiger partial charge on any atom is -0.460 e. The molecule has 1 N–H and O–H groups in total. The van der Waals surface area contributed by atoms with E-state index >= 15 is 0 Å². The highest BCUT2D eigenvalue weighted by molar-refractivity contribution is 5.96. The molecule has 0 radical (unpaired) electrons. The van der Waals surface area contributed by atoms with Crippen molar-refractivity contribution in [3.63, 3.8) is 0 Å². The van der Waals surface area contributed by atoms with Crippen LogP contribution in [0.1, 0.15) is 45.1 Å². The van der Waals surface area contributed by atoms with Gasteiger partial charge >= 0.3 is 5.97 Å². The average molecular weight is 368 g/mol. The molecule has 0 saturated heterocycles. The fraction of sp³-hybridized carbons (Fsp3) is 0.455. The lowest BCUT2D eigenvalue weighted by molar-refractivity contribution is -0.143. The van der Waals surface area contributed by atoms with Gasteiger partial charge in [-0.05, 0) is 44.9 Å². The number of carbonyl (C=O) groups is 2. The predicted molar refractivity (Wildman–Crippen MR) is 106 cm³/mol. The first-order valence-electron chi connectivity index (χ1n) is 9.48. The van der Waals surface area contributed by atoms with Crippen LogP contribution >= 0.6 is 0 Å². The van der Waals surface area contributed by atoms with E-state index in [1.807, 2.05) is 64.0 Å². The SMILES string of the molecule is CC1=C(C(=O)OC(C)C)C(c2ccc(N(C)C)cc2)C2C(=O)CCC=C2N1. The van der Waals surface area contributed by atoms with Gasteiger partial charge in [0, 0.05) is 43.5 Å². The van der Waals surface area contributed by atoms with Crippen molar-refractivity contribution < 1.29 is 14.3 Å². The maximum atomic E-state index is 12.9.